The maximum atomic E-state index is 12.4. The third kappa shape index (κ3) is 1.69. The summed E-state index contributed by atoms with van der Waals surface area (Å²) in [4.78, 5) is 2.86. The summed E-state index contributed by atoms with van der Waals surface area (Å²) >= 11 is 2.71. The van der Waals surface area contributed by atoms with Gasteiger partial charge in [-0.15, -0.1) is 0 Å². The molecule has 1 aromatic heterocycles. The number of alkyl halides is 2. The second-order valence-electron chi connectivity index (χ2n) is 1.97. The van der Waals surface area contributed by atoms with Gasteiger partial charge in [-0.1, -0.05) is 0 Å². The predicted octanol–water partition coefficient (Wildman–Crippen LogP) is 2.63. The first-order valence-electron chi connectivity index (χ1n) is 2.85. The molecule has 0 aliphatic carbocycles. The summed E-state index contributed by atoms with van der Waals surface area (Å²) in [6, 6.07) is 0.837. The van der Waals surface area contributed by atoms with Gasteiger partial charge in [0.05, 0.1) is 0 Å². The minimum absolute atomic E-state index is 0.114. The molecule has 0 radical (unpaired) electrons. The van der Waals surface area contributed by atoms with Crippen LogP contribution in [-0.2, 0) is 0 Å². The third-order valence-electron chi connectivity index (χ3n) is 1.14. The fraction of sp³-hybridized carbons (Fsp3) is 0.167. The van der Waals surface area contributed by atoms with Crippen molar-refractivity contribution >= 4 is 15.9 Å². The van der Waals surface area contributed by atoms with Gasteiger partial charge in [0.25, 0.3) is 12.4 Å². The fourth-order valence-electron chi connectivity index (χ4n) is 0.623. The molecule has 6 heteroatoms. The number of aromatic nitrogens is 1. The van der Waals surface area contributed by atoms with E-state index in [4.69, 9.17) is 5.11 Å². The van der Waals surface area contributed by atoms with E-state index in [1.165, 1.54) is 0 Å². The molecule has 66 valence electrons. The predicted molar refractivity (Wildman–Crippen MR) is 38.5 cm³/mol. The molecule has 1 aromatic rings. The van der Waals surface area contributed by atoms with Crippen LogP contribution in [-0.4, -0.2) is 10.1 Å². The summed E-state index contributed by atoms with van der Waals surface area (Å²) in [6.45, 7) is 0. The van der Waals surface area contributed by atoms with Crippen LogP contribution in [0.25, 0.3) is 0 Å². The molecule has 0 amide bonds. The molecule has 12 heavy (non-hydrogen) atoms. The Bertz CT molecular complexity index is 305. The lowest BCUT2D eigenvalue weighted by Crippen LogP contribution is -1.95. The fourth-order valence-corrected chi connectivity index (χ4v) is 1.10. The van der Waals surface area contributed by atoms with Gasteiger partial charge in [-0.05, 0) is 15.9 Å². The molecule has 0 fully saturated rings. The smallest absolute Gasteiger partial charge is 0.281 e. The number of nitrogens with zero attached hydrogens (tertiary/aromatic N) is 1. The zero-order chi connectivity index (χ0) is 9.30. The Morgan fingerprint density at radius 2 is 2.08 bits per heavy atom. The Kier molecular flexibility index (Phi) is 2.56. The van der Waals surface area contributed by atoms with Crippen molar-refractivity contribution in [1.29, 1.82) is 0 Å². The molecule has 0 bridgehead atoms. The van der Waals surface area contributed by atoms with Crippen LogP contribution in [0.1, 0.15) is 12.1 Å². The van der Waals surface area contributed by atoms with Gasteiger partial charge >= 0.3 is 0 Å². The van der Waals surface area contributed by atoms with Crippen molar-refractivity contribution in [1.82, 2.24) is 4.98 Å². The van der Waals surface area contributed by atoms with Crippen LogP contribution in [0.5, 0.6) is 5.75 Å². The first-order chi connectivity index (χ1) is 5.52. The van der Waals surface area contributed by atoms with Gasteiger partial charge in [0, 0.05) is 10.5 Å². The summed E-state index contributed by atoms with van der Waals surface area (Å²) in [5.74, 6) is -2.06. The lowest BCUT2D eigenvalue weighted by Gasteiger charge is -2.02. The minimum Gasteiger partial charge on any atom is -0.504 e. The van der Waals surface area contributed by atoms with E-state index in [0.29, 0.717) is 0 Å². The van der Waals surface area contributed by atoms with Crippen molar-refractivity contribution in [3.8, 4) is 5.75 Å². The normalized spacial score (nSPS) is 10.8. The highest BCUT2D eigenvalue weighted by Crippen LogP contribution is 2.29. The minimum atomic E-state index is -2.87. The summed E-state index contributed by atoms with van der Waals surface area (Å²) in [5, 5.41) is 8.69. The van der Waals surface area contributed by atoms with Crippen molar-refractivity contribution in [2.24, 2.45) is 0 Å². The van der Waals surface area contributed by atoms with E-state index in [0.717, 1.165) is 6.07 Å². The second kappa shape index (κ2) is 3.30. The zero-order valence-corrected chi connectivity index (χ0v) is 7.15. The number of pyridine rings is 1. The quantitative estimate of drug-likeness (QED) is 0.768. The molecule has 0 aliphatic heterocycles. The monoisotopic (exact) mass is 241 g/mol. The number of rotatable bonds is 1. The number of halogens is 4. The van der Waals surface area contributed by atoms with E-state index >= 15 is 0 Å². The average molecular weight is 242 g/mol. The van der Waals surface area contributed by atoms with Gasteiger partial charge in [-0.25, -0.2) is 13.8 Å². The van der Waals surface area contributed by atoms with Crippen LogP contribution < -0.4 is 0 Å². The molecule has 0 aromatic carbocycles. The van der Waals surface area contributed by atoms with Crippen molar-refractivity contribution in [3.05, 3.63) is 22.2 Å². The van der Waals surface area contributed by atoms with Gasteiger partial charge in [0.2, 0.25) is 0 Å². The highest BCUT2D eigenvalue weighted by Gasteiger charge is 2.16. The van der Waals surface area contributed by atoms with E-state index in [1.807, 2.05) is 0 Å². The first-order valence-corrected chi connectivity index (χ1v) is 3.64. The van der Waals surface area contributed by atoms with Gasteiger partial charge in [-0.3, -0.25) is 0 Å². The average Bonchev–Trinajstić information content (AvgIpc) is 1.96. The molecule has 1 N–H and O–H groups in total. The van der Waals surface area contributed by atoms with Crippen LogP contribution in [0.2, 0.25) is 0 Å². The molecule has 0 atom stereocenters. The van der Waals surface area contributed by atoms with Crippen LogP contribution in [0, 0.1) is 5.95 Å². The zero-order valence-electron chi connectivity index (χ0n) is 5.56. The summed E-state index contributed by atoms with van der Waals surface area (Å²) in [6.07, 6.45) is -2.87. The molecule has 0 saturated heterocycles. The van der Waals surface area contributed by atoms with Gasteiger partial charge < -0.3 is 5.11 Å². The Morgan fingerprint density at radius 3 is 2.58 bits per heavy atom. The van der Waals surface area contributed by atoms with E-state index in [2.05, 4.69) is 20.9 Å². The van der Waals surface area contributed by atoms with Gasteiger partial charge in [-0.2, -0.15) is 4.39 Å². The lowest BCUT2D eigenvalue weighted by atomic mass is 10.3. The Balaban J connectivity index is 3.23. The third-order valence-corrected chi connectivity index (χ3v) is 1.78. The molecule has 1 heterocycles. The topological polar surface area (TPSA) is 33.1 Å². The molecule has 1 rings (SSSR count). The Hall–Kier alpha value is -0.780. The molecule has 0 unspecified atom stereocenters. The van der Waals surface area contributed by atoms with Crippen LogP contribution in [0.3, 0.4) is 0 Å². The number of hydrogen-bond donors (Lipinski definition) is 1. The molecule has 0 spiro atoms. The van der Waals surface area contributed by atoms with E-state index < -0.39 is 23.8 Å². The molecule has 0 aliphatic rings. The van der Waals surface area contributed by atoms with Crippen molar-refractivity contribution in [2.45, 2.75) is 6.43 Å². The van der Waals surface area contributed by atoms with E-state index in [-0.39, 0.29) is 4.47 Å². The molecule has 2 nitrogen and oxygen atoms in total. The first kappa shape index (κ1) is 9.31. The Morgan fingerprint density at radius 1 is 1.50 bits per heavy atom. The van der Waals surface area contributed by atoms with Crippen molar-refractivity contribution in [3.63, 3.8) is 0 Å². The SMILES string of the molecule is Oc1cc(Br)c(C(F)F)nc1F. The standard InChI is InChI=1S/C6H3BrF3NO/c7-2-1-3(12)6(10)11-4(2)5(8)9/h1,5,12H. The van der Waals surface area contributed by atoms with Crippen LogP contribution in [0.4, 0.5) is 13.2 Å². The maximum Gasteiger partial charge on any atom is 0.281 e. The number of hydrogen-bond acceptors (Lipinski definition) is 2. The molecular formula is C6H3BrF3NO. The van der Waals surface area contributed by atoms with Gasteiger partial charge in [0.1, 0.15) is 5.69 Å². The highest BCUT2D eigenvalue weighted by molar-refractivity contribution is 9.10. The largest absolute Gasteiger partial charge is 0.504 e. The number of aromatic hydroxyl groups is 1. The van der Waals surface area contributed by atoms with Crippen LogP contribution in [0.15, 0.2) is 10.5 Å². The van der Waals surface area contributed by atoms with E-state index in [1.54, 1.807) is 0 Å². The van der Waals surface area contributed by atoms with Crippen molar-refractivity contribution in [2.75, 3.05) is 0 Å². The van der Waals surface area contributed by atoms with Crippen molar-refractivity contribution < 1.29 is 18.3 Å². The Labute approximate surface area is 74.2 Å². The molecular weight excluding hydrogens is 239 g/mol. The summed E-state index contributed by atoms with van der Waals surface area (Å²) in [7, 11) is 0. The van der Waals surface area contributed by atoms with Crippen LogP contribution >= 0.6 is 15.9 Å². The summed E-state index contributed by atoms with van der Waals surface area (Å²) < 4.78 is 36.3. The summed E-state index contributed by atoms with van der Waals surface area (Å²) in [5.41, 5.74) is -0.717. The second-order valence-corrected chi connectivity index (χ2v) is 2.82. The lowest BCUT2D eigenvalue weighted by molar-refractivity contribution is 0.143. The highest BCUT2D eigenvalue weighted by atomic mass is 79.9. The maximum absolute atomic E-state index is 12.4. The van der Waals surface area contributed by atoms with Gasteiger partial charge in [0.15, 0.2) is 5.75 Å². The van der Waals surface area contributed by atoms with E-state index in [9.17, 15) is 13.2 Å². The molecule has 0 saturated carbocycles.